The van der Waals surface area contributed by atoms with Crippen LogP contribution in [0.25, 0.3) is 11.5 Å². The van der Waals surface area contributed by atoms with Crippen LogP contribution in [0.2, 0.25) is 10.0 Å². The minimum absolute atomic E-state index is 0.440. The van der Waals surface area contributed by atoms with E-state index in [-0.39, 0.29) is 0 Å². The highest BCUT2D eigenvalue weighted by molar-refractivity contribution is 9.10. The molecule has 0 fully saturated rings. The van der Waals surface area contributed by atoms with Gasteiger partial charge in [0.1, 0.15) is 11.5 Å². The summed E-state index contributed by atoms with van der Waals surface area (Å²) in [4.78, 5) is 13.3. The first-order valence-electron chi connectivity index (χ1n) is 6.68. The average Bonchev–Trinajstić information content (AvgIpc) is 2.43. The van der Waals surface area contributed by atoms with Crippen molar-refractivity contribution < 1.29 is 0 Å². The van der Waals surface area contributed by atoms with Crippen LogP contribution in [-0.4, -0.2) is 21.5 Å². The van der Waals surface area contributed by atoms with E-state index in [4.69, 9.17) is 23.2 Å². The lowest BCUT2D eigenvalue weighted by atomic mass is 10.2. The van der Waals surface area contributed by atoms with E-state index in [2.05, 4.69) is 43.1 Å². The Morgan fingerprint density at radius 1 is 1.24 bits per heavy atom. The fourth-order valence-corrected chi connectivity index (χ4v) is 2.85. The van der Waals surface area contributed by atoms with Crippen LogP contribution < -0.4 is 5.32 Å². The van der Waals surface area contributed by atoms with Crippen molar-refractivity contribution in [3.8, 4) is 11.5 Å². The zero-order valence-electron chi connectivity index (χ0n) is 11.8. The summed E-state index contributed by atoms with van der Waals surface area (Å²) >= 11 is 15.6. The molecule has 0 aliphatic heterocycles. The topological polar surface area (TPSA) is 50.7 Å². The number of hydrogen-bond acceptors (Lipinski definition) is 4. The van der Waals surface area contributed by atoms with Gasteiger partial charge in [-0.05, 0) is 35.3 Å². The molecule has 21 heavy (non-hydrogen) atoms. The fraction of sp³-hybridized carbons (Fsp3) is 0.357. The summed E-state index contributed by atoms with van der Waals surface area (Å²) in [6.45, 7) is 4.89. The van der Waals surface area contributed by atoms with Crippen LogP contribution in [0.15, 0.2) is 16.7 Å². The van der Waals surface area contributed by atoms with E-state index in [9.17, 15) is 0 Å². The van der Waals surface area contributed by atoms with Crippen LogP contribution in [0, 0.1) is 0 Å². The zero-order chi connectivity index (χ0) is 15.4. The third-order valence-corrected chi connectivity index (χ3v) is 4.10. The second kappa shape index (κ2) is 7.38. The molecule has 0 aromatic carbocycles. The molecule has 0 saturated heterocycles. The molecule has 2 heterocycles. The molecule has 0 aliphatic rings. The van der Waals surface area contributed by atoms with Crippen LogP contribution in [0.1, 0.15) is 26.0 Å². The molecule has 1 N–H and O–H groups in total. The Balaban J connectivity index is 2.56. The van der Waals surface area contributed by atoms with Crippen LogP contribution in [0.5, 0.6) is 0 Å². The molecule has 0 unspecified atom stereocenters. The fourth-order valence-electron chi connectivity index (χ4n) is 1.87. The zero-order valence-corrected chi connectivity index (χ0v) is 14.8. The Morgan fingerprint density at radius 2 is 2.00 bits per heavy atom. The van der Waals surface area contributed by atoms with E-state index >= 15 is 0 Å². The number of rotatable bonds is 5. The van der Waals surface area contributed by atoms with Crippen LogP contribution in [0.3, 0.4) is 0 Å². The molecule has 4 nitrogen and oxygen atoms in total. The summed E-state index contributed by atoms with van der Waals surface area (Å²) < 4.78 is 0.889. The maximum Gasteiger partial charge on any atom is 0.182 e. The molecular weight excluding hydrogens is 375 g/mol. The lowest BCUT2D eigenvalue weighted by molar-refractivity contribution is 0.866. The van der Waals surface area contributed by atoms with Gasteiger partial charge in [0.25, 0.3) is 0 Å². The molecule has 0 aliphatic carbocycles. The van der Waals surface area contributed by atoms with Gasteiger partial charge in [-0.3, -0.25) is 0 Å². The maximum atomic E-state index is 6.20. The highest BCUT2D eigenvalue weighted by Crippen LogP contribution is 2.31. The van der Waals surface area contributed by atoms with Crippen molar-refractivity contribution in [2.45, 2.75) is 26.7 Å². The number of nitrogens with one attached hydrogen (secondary N) is 1. The summed E-state index contributed by atoms with van der Waals surface area (Å²) in [5.41, 5.74) is 1.47. The average molecular weight is 390 g/mol. The molecule has 0 amide bonds. The Labute approximate surface area is 142 Å². The number of hydrogen-bond donors (Lipinski definition) is 1. The van der Waals surface area contributed by atoms with E-state index in [1.165, 1.54) is 0 Å². The second-order valence-corrected chi connectivity index (χ2v) is 6.06. The van der Waals surface area contributed by atoms with Gasteiger partial charge in [0.05, 0.1) is 20.2 Å². The van der Waals surface area contributed by atoms with Gasteiger partial charge in [0, 0.05) is 12.7 Å². The number of anilines is 1. The lowest BCUT2D eigenvalue weighted by Gasteiger charge is -2.12. The second-order valence-electron chi connectivity index (χ2n) is 4.42. The summed E-state index contributed by atoms with van der Waals surface area (Å²) in [5, 5.41) is 4.15. The SMILES string of the molecule is CCCc1nc(-c2ncc(Cl)cc2Cl)nc(NCC)c1Br. The van der Waals surface area contributed by atoms with Gasteiger partial charge >= 0.3 is 0 Å². The first-order chi connectivity index (χ1) is 10.1. The Kier molecular flexibility index (Phi) is 5.79. The first kappa shape index (κ1) is 16.5. The van der Waals surface area contributed by atoms with Gasteiger partial charge in [-0.15, -0.1) is 0 Å². The van der Waals surface area contributed by atoms with E-state index in [1.807, 2.05) is 6.92 Å². The van der Waals surface area contributed by atoms with Crippen molar-refractivity contribution in [2.24, 2.45) is 0 Å². The summed E-state index contributed by atoms with van der Waals surface area (Å²) in [6, 6.07) is 1.64. The quantitative estimate of drug-likeness (QED) is 0.782. The standard InChI is InChI=1S/C14H15BrCl2N4/c1-3-5-10-11(15)13(18-4-2)21-14(20-10)12-9(17)6-8(16)7-19-12/h6-7H,3-5H2,1-2H3,(H,18,20,21). The smallest absolute Gasteiger partial charge is 0.182 e. The highest BCUT2D eigenvalue weighted by Gasteiger charge is 2.15. The predicted molar refractivity (Wildman–Crippen MR) is 91.1 cm³/mol. The van der Waals surface area contributed by atoms with Gasteiger partial charge < -0.3 is 5.32 Å². The Bertz CT molecular complexity index is 622. The largest absolute Gasteiger partial charge is 0.369 e. The molecule has 0 radical (unpaired) electrons. The number of halogens is 3. The number of nitrogens with zero attached hydrogens (tertiary/aromatic N) is 3. The lowest BCUT2D eigenvalue weighted by Crippen LogP contribution is -2.07. The van der Waals surface area contributed by atoms with Gasteiger partial charge in [-0.25, -0.2) is 15.0 Å². The Morgan fingerprint density at radius 3 is 2.62 bits per heavy atom. The van der Waals surface area contributed by atoms with Crippen molar-refractivity contribution >= 4 is 44.9 Å². The van der Waals surface area contributed by atoms with Gasteiger partial charge in [-0.1, -0.05) is 36.5 Å². The Hall–Kier alpha value is -0.910. The van der Waals surface area contributed by atoms with Gasteiger partial charge in [0.15, 0.2) is 5.82 Å². The molecule has 2 aromatic rings. The van der Waals surface area contributed by atoms with Crippen molar-refractivity contribution in [1.82, 2.24) is 15.0 Å². The first-order valence-corrected chi connectivity index (χ1v) is 8.23. The monoisotopic (exact) mass is 388 g/mol. The van der Waals surface area contributed by atoms with Crippen LogP contribution in [-0.2, 0) is 6.42 Å². The molecule has 0 spiro atoms. The number of pyridine rings is 1. The minimum Gasteiger partial charge on any atom is -0.369 e. The third-order valence-electron chi connectivity index (χ3n) is 2.77. The van der Waals surface area contributed by atoms with Crippen molar-refractivity contribution in [3.05, 3.63) is 32.5 Å². The van der Waals surface area contributed by atoms with Gasteiger partial charge in [0.2, 0.25) is 0 Å². The summed E-state index contributed by atoms with van der Waals surface area (Å²) in [7, 11) is 0. The molecule has 2 aromatic heterocycles. The number of aromatic nitrogens is 3. The molecule has 0 atom stereocenters. The van der Waals surface area contributed by atoms with E-state index in [0.717, 1.165) is 35.4 Å². The molecule has 7 heteroatoms. The normalized spacial score (nSPS) is 10.7. The van der Waals surface area contributed by atoms with Crippen molar-refractivity contribution in [3.63, 3.8) is 0 Å². The van der Waals surface area contributed by atoms with E-state index < -0.39 is 0 Å². The van der Waals surface area contributed by atoms with Crippen LogP contribution in [0.4, 0.5) is 5.82 Å². The van der Waals surface area contributed by atoms with Crippen LogP contribution >= 0.6 is 39.1 Å². The maximum absolute atomic E-state index is 6.20. The van der Waals surface area contributed by atoms with Crippen molar-refractivity contribution in [2.75, 3.05) is 11.9 Å². The minimum atomic E-state index is 0.440. The van der Waals surface area contributed by atoms with Crippen molar-refractivity contribution in [1.29, 1.82) is 0 Å². The highest BCUT2D eigenvalue weighted by atomic mass is 79.9. The van der Waals surface area contributed by atoms with Gasteiger partial charge in [-0.2, -0.15) is 0 Å². The summed E-state index contributed by atoms with van der Waals surface area (Å²) in [5.74, 6) is 1.25. The molecule has 0 saturated carbocycles. The van der Waals surface area contributed by atoms with E-state index in [1.54, 1.807) is 12.3 Å². The molecule has 0 bridgehead atoms. The predicted octanol–water partition coefficient (Wildman–Crippen LogP) is 4.99. The molecule has 2 rings (SSSR count). The molecule has 112 valence electrons. The third kappa shape index (κ3) is 3.84. The number of aryl methyl sites for hydroxylation is 1. The molecular formula is C14H15BrCl2N4. The van der Waals surface area contributed by atoms with E-state index in [0.29, 0.717) is 21.6 Å². The summed E-state index contributed by atoms with van der Waals surface area (Å²) in [6.07, 6.45) is 3.38.